The van der Waals surface area contributed by atoms with E-state index in [9.17, 15) is 0 Å². The normalized spacial score (nSPS) is 13.3. The van der Waals surface area contributed by atoms with Gasteiger partial charge >= 0.3 is 0 Å². The molecule has 0 aliphatic carbocycles. The standard InChI is InChI=1S/C92H72B2N4/c1-91(2,3)67-54-56-83-75(59-67)94-76-60-68(55-57-84(76)98(79-46-23-17-40-71(79)65-35-13-8-14-36-65)88-53-29-52-87(90(88)94)97(83)78-45-22-16-39-70(78)64-33-11-7-12-34-64)92(4,5)61-62-30-27-37-66(58-62)72-41-18-24-47-80(72)96-82-49-26-20-43-74(82)93-73-42-19-25-48-81(73)95(85-50-28-51-86(96)89(85)93)77-44-21-15-38-69(77)63-31-9-6-10-32-63/h6-60H,61H2,1-5H3. The van der Waals surface area contributed by atoms with Crippen LogP contribution in [0.1, 0.15) is 51.3 Å². The Labute approximate surface area is 577 Å². The molecule has 4 aliphatic rings. The van der Waals surface area contributed by atoms with Crippen LogP contribution in [0.3, 0.4) is 0 Å². The van der Waals surface area contributed by atoms with Crippen LogP contribution in [-0.2, 0) is 17.3 Å². The second-order valence-corrected chi connectivity index (χ2v) is 28.5. The fourth-order valence-corrected chi connectivity index (χ4v) is 16.7. The first-order chi connectivity index (χ1) is 48.1. The van der Waals surface area contributed by atoms with E-state index < -0.39 is 0 Å². The molecule has 0 aromatic heterocycles. The maximum absolute atomic E-state index is 2.60. The highest BCUT2D eigenvalue weighted by molar-refractivity contribution is 7.01. The van der Waals surface area contributed by atoms with E-state index in [-0.39, 0.29) is 24.3 Å². The third kappa shape index (κ3) is 9.59. The molecule has 0 radical (unpaired) electrons. The van der Waals surface area contributed by atoms with Gasteiger partial charge < -0.3 is 19.6 Å². The van der Waals surface area contributed by atoms with E-state index in [4.69, 9.17) is 0 Å². The molecule has 0 unspecified atom stereocenters. The van der Waals surface area contributed by atoms with Gasteiger partial charge in [-0.2, -0.15) is 0 Å². The first-order valence-corrected chi connectivity index (χ1v) is 34.6. The lowest BCUT2D eigenvalue weighted by atomic mass is 9.33. The summed E-state index contributed by atoms with van der Waals surface area (Å²) in [5.74, 6) is 0. The van der Waals surface area contributed by atoms with Crippen molar-refractivity contribution in [2.24, 2.45) is 0 Å². The van der Waals surface area contributed by atoms with E-state index in [1.54, 1.807) is 0 Å². The van der Waals surface area contributed by atoms with E-state index in [1.165, 1.54) is 139 Å². The lowest BCUT2D eigenvalue weighted by Crippen LogP contribution is -2.61. The summed E-state index contributed by atoms with van der Waals surface area (Å²) in [5, 5.41) is 0. The maximum Gasteiger partial charge on any atom is 0.252 e. The van der Waals surface area contributed by atoms with Gasteiger partial charge in [0.25, 0.3) is 13.4 Å². The highest BCUT2D eigenvalue weighted by Gasteiger charge is 2.47. The highest BCUT2D eigenvalue weighted by Crippen LogP contribution is 2.51. The van der Waals surface area contributed by atoms with E-state index in [1.807, 2.05) is 0 Å². The zero-order valence-electron chi connectivity index (χ0n) is 55.9. The molecule has 0 spiro atoms. The fourth-order valence-electron chi connectivity index (χ4n) is 16.7. The van der Waals surface area contributed by atoms with Crippen LogP contribution in [-0.4, -0.2) is 13.4 Å². The predicted molar refractivity (Wildman–Crippen MR) is 418 cm³/mol. The van der Waals surface area contributed by atoms with Gasteiger partial charge in [0.1, 0.15) is 0 Å². The molecule has 0 N–H and O–H groups in total. The molecule has 18 rings (SSSR count). The summed E-state index contributed by atoms with van der Waals surface area (Å²) in [4.78, 5) is 10.2. The van der Waals surface area contributed by atoms with Gasteiger partial charge in [-0.15, -0.1) is 0 Å². The molecule has 466 valence electrons. The van der Waals surface area contributed by atoms with Crippen molar-refractivity contribution in [3.8, 4) is 44.5 Å². The summed E-state index contributed by atoms with van der Waals surface area (Å²) in [5.41, 5.74) is 35.1. The summed E-state index contributed by atoms with van der Waals surface area (Å²) >= 11 is 0. The van der Waals surface area contributed by atoms with Crippen LogP contribution in [0.15, 0.2) is 334 Å². The molecule has 4 nitrogen and oxygen atoms in total. The third-order valence-corrected chi connectivity index (χ3v) is 21.2. The molecular weight excluding hydrogens is 1180 g/mol. The van der Waals surface area contributed by atoms with Crippen LogP contribution in [0.25, 0.3) is 44.5 Å². The van der Waals surface area contributed by atoms with E-state index >= 15 is 0 Å². The first kappa shape index (κ1) is 58.9. The highest BCUT2D eigenvalue weighted by atomic mass is 15.2. The first-order valence-electron chi connectivity index (χ1n) is 34.6. The molecule has 0 amide bonds. The zero-order chi connectivity index (χ0) is 65.8. The summed E-state index contributed by atoms with van der Waals surface area (Å²) in [6.07, 6.45) is 0.823. The maximum atomic E-state index is 2.60. The van der Waals surface area contributed by atoms with Crippen molar-refractivity contribution in [1.29, 1.82) is 0 Å². The Bertz CT molecular complexity index is 5430. The average Bonchev–Trinajstić information content (AvgIpc) is 0.704. The Morgan fingerprint density at radius 1 is 0.235 bits per heavy atom. The second-order valence-electron chi connectivity index (χ2n) is 28.5. The number of rotatable bonds is 11. The Morgan fingerprint density at radius 3 is 0.939 bits per heavy atom. The smallest absolute Gasteiger partial charge is 0.252 e. The van der Waals surface area contributed by atoms with Gasteiger partial charge in [-0.3, -0.25) is 0 Å². The van der Waals surface area contributed by atoms with Gasteiger partial charge in [0.2, 0.25) is 0 Å². The molecule has 4 heterocycles. The second kappa shape index (κ2) is 23.4. The van der Waals surface area contributed by atoms with Crippen LogP contribution < -0.4 is 52.4 Å². The number of anilines is 12. The number of fused-ring (bicyclic) bond motifs is 8. The van der Waals surface area contributed by atoms with Gasteiger partial charge in [0, 0.05) is 67.8 Å². The van der Waals surface area contributed by atoms with E-state index in [0.29, 0.717) is 0 Å². The largest absolute Gasteiger partial charge is 0.311 e. The minimum Gasteiger partial charge on any atom is -0.311 e. The molecule has 0 atom stereocenters. The molecule has 14 aromatic carbocycles. The van der Waals surface area contributed by atoms with Crippen molar-refractivity contribution < 1.29 is 0 Å². The van der Waals surface area contributed by atoms with Crippen LogP contribution in [0.5, 0.6) is 0 Å². The van der Waals surface area contributed by atoms with Crippen LogP contribution in [0, 0.1) is 0 Å². The Kier molecular flexibility index (Phi) is 14.0. The number of nitrogens with zero attached hydrogens (tertiary/aromatic N) is 4. The fraction of sp³-hybridized carbons (Fsp3) is 0.0870. The summed E-state index contributed by atoms with van der Waals surface area (Å²) in [7, 11) is 0. The van der Waals surface area contributed by atoms with Crippen molar-refractivity contribution in [2.45, 2.75) is 51.9 Å². The van der Waals surface area contributed by atoms with Crippen molar-refractivity contribution in [2.75, 3.05) is 19.6 Å². The molecular formula is C92H72B2N4. The lowest BCUT2D eigenvalue weighted by molar-refractivity contribution is 0.523. The number of benzene rings is 14. The molecule has 6 heteroatoms. The summed E-state index contributed by atoms with van der Waals surface area (Å²) in [6.45, 7) is 11.9. The van der Waals surface area contributed by atoms with Crippen LogP contribution in [0.2, 0.25) is 0 Å². The van der Waals surface area contributed by atoms with Crippen LogP contribution in [0.4, 0.5) is 68.2 Å². The number of para-hydroxylation sites is 6. The van der Waals surface area contributed by atoms with Crippen molar-refractivity contribution >= 4 is 114 Å². The minimum absolute atomic E-state index is 0.0298. The SMILES string of the molecule is CC(C)(C)c1ccc2c(c1)B1c3cc(C(C)(C)Cc4cccc(-c5ccccc5N5c6ccccc6B6c7ccccc7N(c7ccccc7-c7ccccc7)c7cccc5c76)c4)ccc3N(c3ccccc3-c3ccccc3)c3cccc(c31)N2c1ccccc1-c1ccccc1. The Balaban J connectivity index is 0.765. The lowest BCUT2D eigenvalue weighted by Gasteiger charge is -2.45. The molecule has 0 fully saturated rings. The minimum atomic E-state index is -0.295. The predicted octanol–water partition coefficient (Wildman–Crippen LogP) is 20.3. The number of hydrogen-bond acceptors (Lipinski definition) is 4. The average molecular weight is 1260 g/mol. The van der Waals surface area contributed by atoms with Gasteiger partial charge in [-0.25, -0.2) is 0 Å². The summed E-state index contributed by atoms with van der Waals surface area (Å²) in [6, 6.07) is 125. The Morgan fingerprint density at radius 2 is 0.531 bits per heavy atom. The van der Waals surface area contributed by atoms with Crippen molar-refractivity contribution in [3.63, 3.8) is 0 Å². The van der Waals surface area contributed by atoms with E-state index in [0.717, 1.165) is 29.2 Å². The van der Waals surface area contributed by atoms with E-state index in [2.05, 4.69) is 388 Å². The quantitative estimate of drug-likeness (QED) is 0.120. The topological polar surface area (TPSA) is 13.0 Å². The van der Waals surface area contributed by atoms with Gasteiger partial charge in [0.05, 0.1) is 22.7 Å². The summed E-state index contributed by atoms with van der Waals surface area (Å²) < 4.78 is 0. The van der Waals surface area contributed by atoms with Gasteiger partial charge in [-0.1, -0.05) is 295 Å². The molecule has 0 bridgehead atoms. The third-order valence-electron chi connectivity index (χ3n) is 21.2. The zero-order valence-corrected chi connectivity index (χ0v) is 55.9. The Hall–Kier alpha value is -11.6. The van der Waals surface area contributed by atoms with Gasteiger partial charge in [0.15, 0.2) is 0 Å². The molecule has 0 saturated heterocycles. The van der Waals surface area contributed by atoms with Crippen LogP contribution >= 0.6 is 0 Å². The molecule has 0 saturated carbocycles. The van der Waals surface area contributed by atoms with Gasteiger partial charge in [-0.05, 0) is 162 Å². The molecule has 98 heavy (non-hydrogen) atoms. The molecule has 14 aromatic rings. The van der Waals surface area contributed by atoms with Crippen molar-refractivity contribution in [3.05, 3.63) is 350 Å². The monoisotopic (exact) mass is 1250 g/mol. The van der Waals surface area contributed by atoms with Crippen molar-refractivity contribution in [1.82, 2.24) is 0 Å². The number of hydrogen-bond donors (Lipinski definition) is 0. The molecule has 4 aliphatic heterocycles.